The van der Waals surface area contributed by atoms with Crippen LogP contribution in [0.2, 0.25) is 0 Å². The van der Waals surface area contributed by atoms with Crippen LogP contribution in [0, 0.1) is 6.92 Å². The average molecular weight is 342 g/mol. The van der Waals surface area contributed by atoms with E-state index in [1.807, 2.05) is 49.5 Å². The van der Waals surface area contributed by atoms with Gasteiger partial charge in [0.1, 0.15) is 5.75 Å². The fraction of sp³-hybridized carbons (Fsp3) is 0.0909. The molecule has 0 atom stereocenters. The summed E-state index contributed by atoms with van der Waals surface area (Å²) in [4.78, 5) is 19.9. The molecule has 0 saturated carbocycles. The number of aromatic nitrogens is 2. The van der Waals surface area contributed by atoms with Crippen LogP contribution in [0.4, 0.5) is 0 Å². The SMILES string of the molecule is Cc1ccc(C(=O)Cc2cc(O)cc(-c3cccc4[nH]ccc34)c2)cn1. The molecule has 0 aliphatic heterocycles. The Morgan fingerprint density at radius 3 is 2.81 bits per heavy atom. The molecule has 2 N–H and O–H groups in total. The van der Waals surface area contributed by atoms with Crippen LogP contribution >= 0.6 is 0 Å². The van der Waals surface area contributed by atoms with E-state index in [9.17, 15) is 9.90 Å². The fourth-order valence-electron chi connectivity index (χ4n) is 3.19. The lowest BCUT2D eigenvalue weighted by atomic mass is 9.96. The van der Waals surface area contributed by atoms with Gasteiger partial charge in [0.15, 0.2) is 5.78 Å². The topological polar surface area (TPSA) is 66.0 Å². The van der Waals surface area contributed by atoms with Gasteiger partial charge in [-0.05, 0) is 60.0 Å². The number of pyridine rings is 1. The minimum Gasteiger partial charge on any atom is -0.508 e. The van der Waals surface area contributed by atoms with Crippen molar-refractivity contribution in [2.24, 2.45) is 0 Å². The van der Waals surface area contributed by atoms with E-state index >= 15 is 0 Å². The number of Topliss-reactive ketones (excluding diaryl/α,β-unsaturated/α-hetero) is 1. The highest BCUT2D eigenvalue weighted by Gasteiger charge is 2.11. The fourth-order valence-corrected chi connectivity index (χ4v) is 3.19. The normalized spacial score (nSPS) is 11.0. The van der Waals surface area contributed by atoms with Crippen molar-refractivity contribution in [1.29, 1.82) is 0 Å². The summed E-state index contributed by atoms with van der Waals surface area (Å²) in [5.74, 6) is 0.133. The highest BCUT2D eigenvalue weighted by molar-refractivity contribution is 5.98. The molecule has 0 spiro atoms. The van der Waals surface area contributed by atoms with Crippen LogP contribution in [0.5, 0.6) is 5.75 Å². The van der Waals surface area contributed by atoms with Crippen LogP contribution in [0.3, 0.4) is 0 Å². The number of phenols is 1. The molecule has 0 aliphatic rings. The Hall–Kier alpha value is -3.40. The van der Waals surface area contributed by atoms with E-state index in [-0.39, 0.29) is 18.0 Å². The van der Waals surface area contributed by atoms with Gasteiger partial charge in [-0.1, -0.05) is 18.2 Å². The van der Waals surface area contributed by atoms with Crippen LogP contribution in [-0.2, 0) is 6.42 Å². The van der Waals surface area contributed by atoms with Crippen molar-refractivity contribution in [2.45, 2.75) is 13.3 Å². The zero-order chi connectivity index (χ0) is 18.1. The molecule has 128 valence electrons. The van der Waals surface area contributed by atoms with E-state index < -0.39 is 0 Å². The predicted octanol–water partition coefficient (Wildman–Crippen LogP) is 4.67. The number of benzene rings is 2. The third-order valence-electron chi connectivity index (χ3n) is 4.48. The van der Waals surface area contributed by atoms with Crippen LogP contribution in [0.25, 0.3) is 22.0 Å². The highest BCUT2D eigenvalue weighted by Crippen LogP contribution is 2.31. The number of nitrogens with one attached hydrogen (secondary N) is 1. The first-order valence-electron chi connectivity index (χ1n) is 8.45. The Balaban J connectivity index is 1.69. The van der Waals surface area contributed by atoms with Crippen molar-refractivity contribution in [3.8, 4) is 16.9 Å². The second-order valence-electron chi connectivity index (χ2n) is 6.42. The second-order valence-corrected chi connectivity index (χ2v) is 6.42. The summed E-state index contributed by atoms with van der Waals surface area (Å²) in [7, 11) is 0. The van der Waals surface area contributed by atoms with E-state index in [1.54, 1.807) is 24.4 Å². The predicted molar refractivity (Wildman–Crippen MR) is 102 cm³/mol. The van der Waals surface area contributed by atoms with Gasteiger partial charge in [-0.15, -0.1) is 0 Å². The third-order valence-corrected chi connectivity index (χ3v) is 4.48. The number of aromatic hydroxyl groups is 1. The van der Waals surface area contributed by atoms with Gasteiger partial charge < -0.3 is 10.1 Å². The lowest BCUT2D eigenvalue weighted by molar-refractivity contribution is 0.0992. The van der Waals surface area contributed by atoms with Crippen molar-refractivity contribution >= 4 is 16.7 Å². The van der Waals surface area contributed by atoms with Gasteiger partial charge in [-0.2, -0.15) is 0 Å². The number of nitrogens with zero attached hydrogens (tertiary/aromatic N) is 1. The Morgan fingerprint density at radius 2 is 2.00 bits per heavy atom. The van der Waals surface area contributed by atoms with Crippen molar-refractivity contribution in [2.75, 3.05) is 0 Å². The molecule has 0 bridgehead atoms. The van der Waals surface area contributed by atoms with Crippen molar-refractivity contribution in [3.05, 3.63) is 83.8 Å². The van der Waals surface area contributed by atoms with Crippen LogP contribution in [0.1, 0.15) is 21.6 Å². The van der Waals surface area contributed by atoms with Crippen molar-refractivity contribution < 1.29 is 9.90 Å². The number of aromatic amines is 1. The minimum atomic E-state index is -0.0195. The number of ketones is 1. The zero-order valence-electron chi connectivity index (χ0n) is 14.4. The van der Waals surface area contributed by atoms with E-state index in [1.165, 1.54) is 0 Å². The van der Waals surface area contributed by atoms with Gasteiger partial charge in [0.2, 0.25) is 0 Å². The summed E-state index contributed by atoms with van der Waals surface area (Å²) in [6.07, 6.45) is 3.71. The first-order valence-corrected chi connectivity index (χ1v) is 8.45. The molecule has 0 amide bonds. The number of fused-ring (bicyclic) bond motifs is 1. The standard InChI is InChI=1S/C22H18N2O2/c1-14-5-6-16(13-24-14)22(26)11-15-9-17(12-18(25)10-15)19-3-2-4-21-20(19)7-8-23-21/h2-10,12-13,23,25H,11H2,1H3. The van der Waals surface area contributed by atoms with Crippen molar-refractivity contribution in [1.82, 2.24) is 9.97 Å². The number of hydrogen-bond acceptors (Lipinski definition) is 3. The molecule has 2 aromatic carbocycles. The first-order chi connectivity index (χ1) is 12.6. The summed E-state index contributed by atoms with van der Waals surface area (Å²) in [5, 5.41) is 11.2. The van der Waals surface area contributed by atoms with Crippen LogP contribution in [0.15, 0.2) is 67.0 Å². The lowest BCUT2D eigenvalue weighted by Gasteiger charge is -2.09. The van der Waals surface area contributed by atoms with Gasteiger partial charge in [0, 0.05) is 41.0 Å². The molecular formula is C22H18N2O2. The molecule has 2 aromatic heterocycles. The average Bonchev–Trinajstić information content (AvgIpc) is 3.10. The molecule has 4 heteroatoms. The molecule has 4 nitrogen and oxygen atoms in total. The van der Waals surface area contributed by atoms with Crippen molar-refractivity contribution in [3.63, 3.8) is 0 Å². The van der Waals surface area contributed by atoms with Gasteiger partial charge in [-0.25, -0.2) is 0 Å². The van der Waals surface area contributed by atoms with Gasteiger partial charge in [-0.3, -0.25) is 9.78 Å². The first kappa shape index (κ1) is 16.1. The quantitative estimate of drug-likeness (QED) is 0.530. The smallest absolute Gasteiger partial charge is 0.168 e. The maximum Gasteiger partial charge on any atom is 0.168 e. The zero-order valence-corrected chi connectivity index (χ0v) is 14.4. The molecule has 4 rings (SSSR count). The maximum absolute atomic E-state index is 12.5. The Morgan fingerprint density at radius 1 is 1.12 bits per heavy atom. The number of hydrogen-bond donors (Lipinski definition) is 2. The maximum atomic E-state index is 12.5. The number of carbonyl (C=O) groups excluding carboxylic acids is 1. The van der Waals surface area contributed by atoms with Gasteiger partial charge in [0.05, 0.1) is 0 Å². The molecular weight excluding hydrogens is 324 g/mol. The van der Waals surface area contributed by atoms with E-state index in [4.69, 9.17) is 0 Å². The van der Waals surface area contributed by atoms with Crippen LogP contribution < -0.4 is 0 Å². The molecule has 4 aromatic rings. The molecule has 0 aliphatic carbocycles. The van der Waals surface area contributed by atoms with E-state index in [0.29, 0.717) is 5.56 Å². The van der Waals surface area contributed by atoms with E-state index in [2.05, 4.69) is 9.97 Å². The highest BCUT2D eigenvalue weighted by atomic mass is 16.3. The largest absolute Gasteiger partial charge is 0.508 e. The molecule has 0 radical (unpaired) electrons. The second kappa shape index (κ2) is 6.48. The summed E-state index contributed by atoms with van der Waals surface area (Å²) >= 11 is 0. The van der Waals surface area contributed by atoms with E-state index in [0.717, 1.165) is 33.3 Å². The van der Waals surface area contributed by atoms with Crippen LogP contribution in [-0.4, -0.2) is 20.9 Å². The number of phenolic OH excluding ortho intramolecular Hbond substituents is 1. The molecule has 0 fully saturated rings. The summed E-state index contributed by atoms with van der Waals surface area (Å²) < 4.78 is 0. The summed E-state index contributed by atoms with van der Waals surface area (Å²) in [5.41, 5.74) is 5.17. The molecule has 26 heavy (non-hydrogen) atoms. The number of aryl methyl sites for hydroxylation is 1. The Bertz CT molecular complexity index is 1090. The van der Waals surface area contributed by atoms with Gasteiger partial charge >= 0.3 is 0 Å². The number of rotatable bonds is 4. The Labute approximate surface area is 151 Å². The molecule has 2 heterocycles. The monoisotopic (exact) mass is 342 g/mol. The Kier molecular flexibility index (Phi) is 4.01. The molecule has 0 saturated heterocycles. The lowest BCUT2D eigenvalue weighted by Crippen LogP contribution is -2.04. The minimum absolute atomic E-state index is 0.0195. The summed E-state index contributed by atoms with van der Waals surface area (Å²) in [6.45, 7) is 1.89. The number of H-pyrrole nitrogens is 1. The molecule has 0 unspecified atom stereocenters. The summed E-state index contributed by atoms with van der Waals surface area (Å²) in [6, 6.07) is 16.9. The number of carbonyl (C=O) groups is 1. The third kappa shape index (κ3) is 3.09. The van der Waals surface area contributed by atoms with Gasteiger partial charge in [0.25, 0.3) is 0 Å².